The van der Waals surface area contributed by atoms with Gasteiger partial charge in [-0.15, -0.1) is 0 Å². The molecule has 0 heterocycles. The summed E-state index contributed by atoms with van der Waals surface area (Å²) >= 11 is 0. The van der Waals surface area contributed by atoms with Crippen molar-refractivity contribution in [2.24, 2.45) is 0 Å². The Kier molecular flexibility index (Phi) is 12.6. The van der Waals surface area contributed by atoms with Crippen LogP contribution in [0.3, 0.4) is 0 Å². The summed E-state index contributed by atoms with van der Waals surface area (Å²) in [6.45, 7) is 0.847. The lowest BCUT2D eigenvalue weighted by Crippen LogP contribution is -2.43. The number of unbranched alkanes of at least 4 members (excludes halogenated alkanes) is 5. The van der Waals surface area contributed by atoms with Crippen LogP contribution in [0.15, 0.2) is 78.9 Å². The first-order chi connectivity index (χ1) is 18.5. The molecule has 1 amide bonds. The largest absolute Gasteiger partial charge is 0.461 e. The second-order valence-electron chi connectivity index (χ2n) is 10.2. The maximum atomic E-state index is 12.5. The molecule has 3 aromatic rings. The summed E-state index contributed by atoms with van der Waals surface area (Å²) in [4.78, 5) is 26.8. The minimum Gasteiger partial charge on any atom is -0.461 e. The fraction of sp³-hybridized carbons (Fsp3) is 0.394. The van der Waals surface area contributed by atoms with Crippen molar-refractivity contribution in [1.29, 1.82) is 0 Å². The third-order valence-electron chi connectivity index (χ3n) is 6.50. The summed E-state index contributed by atoms with van der Waals surface area (Å²) in [5.74, 6) is -0.291. The molecule has 0 aliphatic rings. The Morgan fingerprint density at radius 2 is 1.58 bits per heavy atom. The topological polar surface area (TPSA) is 58.6 Å². The van der Waals surface area contributed by atoms with Gasteiger partial charge in [-0.25, -0.2) is 0 Å². The van der Waals surface area contributed by atoms with Crippen molar-refractivity contribution in [2.75, 3.05) is 20.6 Å². The normalized spacial score (nSPS) is 12.2. The highest BCUT2D eigenvalue weighted by atomic mass is 16.5. The third-order valence-corrected chi connectivity index (χ3v) is 6.50. The number of esters is 1. The molecule has 0 aliphatic heterocycles. The number of hydrogen-bond acceptors (Lipinski definition) is 4. The van der Waals surface area contributed by atoms with E-state index < -0.39 is 0 Å². The van der Waals surface area contributed by atoms with Crippen LogP contribution in [0.25, 0.3) is 16.8 Å². The Bertz CT molecular complexity index is 1150. The van der Waals surface area contributed by atoms with E-state index in [9.17, 15) is 9.59 Å². The molecule has 0 aromatic heterocycles. The van der Waals surface area contributed by atoms with Gasteiger partial charge in [0.25, 0.3) is 0 Å². The molecule has 0 unspecified atom stereocenters. The molecule has 5 nitrogen and oxygen atoms in total. The van der Waals surface area contributed by atoms with Crippen molar-refractivity contribution >= 4 is 28.7 Å². The van der Waals surface area contributed by atoms with E-state index in [1.807, 2.05) is 49.3 Å². The number of fused-ring (bicyclic) bond motifs is 1. The van der Waals surface area contributed by atoms with Gasteiger partial charge in [0, 0.05) is 13.0 Å². The number of nitrogens with zero attached hydrogens (tertiary/aromatic N) is 1. The Labute approximate surface area is 227 Å². The van der Waals surface area contributed by atoms with E-state index in [4.69, 9.17) is 4.74 Å². The maximum absolute atomic E-state index is 12.5. The molecule has 0 bridgehead atoms. The molecule has 0 fully saturated rings. The lowest BCUT2D eigenvalue weighted by Gasteiger charge is -2.22. The summed E-state index contributed by atoms with van der Waals surface area (Å²) in [5.41, 5.74) is 2.22. The maximum Gasteiger partial charge on any atom is 0.308 e. The predicted molar refractivity (Wildman–Crippen MR) is 157 cm³/mol. The number of nitrogens with one attached hydrogen (secondary N) is 1. The molecule has 0 saturated carbocycles. The molecule has 202 valence electrons. The van der Waals surface area contributed by atoms with E-state index in [2.05, 4.69) is 59.9 Å². The minimum atomic E-state index is -0.296. The van der Waals surface area contributed by atoms with Crippen LogP contribution in [-0.4, -0.2) is 43.5 Å². The number of amides is 1. The number of rotatable bonds is 16. The van der Waals surface area contributed by atoms with Crippen molar-refractivity contribution in [3.05, 3.63) is 90.0 Å². The van der Waals surface area contributed by atoms with Gasteiger partial charge in [0.2, 0.25) is 5.91 Å². The lowest BCUT2D eigenvalue weighted by atomic mass is 10.0. The Hall–Kier alpha value is -3.44. The van der Waals surface area contributed by atoms with Gasteiger partial charge < -0.3 is 15.0 Å². The van der Waals surface area contributed by atoms with Crippen LogP contribution in [0.5, 0.6) is 0 Å². The van der Waals surface area contributed by atoms with E-state index >= 15 is 0 Å². The van der Waals surface area contributed by atoms with Gasteiger partial charge in [0.15, 0.2) is 0 Å². The zero-order valence-corrected chi connectivity index (χ0v) is 22.9. The summed E-state index contributed by atoms with van der Waals surface area (Å²) in [6, 6.07) is 24.3. The molecule has 0 aliphatic carbocycles. The fourth-order valence-corrected chi connectivity index (χ4v) is 4.58. The Morgan fingerprint density at radius 1 is 0.868 bits per heavy atom. The van der Waals surface area contributed by atoms with E-state index in [0.29, 0.717) is 13.0 Å². The number of hydrogen-bond donors (Lipinski definition) is 1. The number of ether oxygens (including phenoxy) is 1. The Morgan fingerprint density at radius 3 is 2.39 bits per heavy atom. The van der Waals surface area contributed by atoms with Gasteiger partial charge in [0.05, 0.1) is 12.5 Å². The van der Waals surface area contributed by atoms with Crippen LogP contribution >= 0.6 is 0 Å². The number of likely N-dealkylation sites (N-methyl/N-ethyl adjacent to an activating group) is 1. The van der Waals surface area contributed by atoms with Crippen molar-refractivity contribution in [1.82, 2.24) is 10.2 Å². The van der Waals surface area contributed by atoms with Crippen molar-refractivity contribution in [3.8, 4) is 0 Å². The molecule has 3 rings (SSSR count). The summed E-state index contributed by atoms with van der Waals surface area (Å²) < 4.78 is 5.41. The number of carbonyl (C=O) groups excluding carboxylic acids is 2. The van der Waals surface area contributed by atoms with Crippen molar-refractivity contribution in [3.63, 3.8) is 0 Å². The van der Waals surface area contributed by atoms with Gasteiger partial charge in [-0.05, 0) is 55.3 Å². The van der Waals surface area contributed by atoms with Crippen LogP contribution < -0.4 is 5.32 Å². The third kappa shape index (κ3) is 10.9. The number of allylic oxidation sites excluding steroid dienone is 1. The summed E-state index contributed by atoms with van der Waals surface area (Å²) in [5, 5.41) is 5.60. The highest BCUT2D eigenvalue weighted by Gasteiger charge is 2.18. The molecule has 38 heavy (non-hydrogen) atoms. The number of benzene rings is 3. The molecule has 3 aromatic carbocycles. The summed E-state index contributed by atoms with van der Waals surface area (Å²) in [6.07, 6.45) is 11.6. The predicted octanol–water partition coefficient (Wildman–Crippen LogP) is 6.76. The van der Waals surface area contributed by atoms with Crippen LogP contribution in [0.1, 0.15) is 62.5 Å². The highest BCUT2D eigenvalue weighted by Crippen LogP contribution is 2.20. The molecule has 0 saturated heterocycles. The van der Waals surface area contributed by atoms with Gasteiger partial charge in [-0.3, -0.25) is 9.59 Å². The monoisotopic (exact) mass is 514 g/mol. The average molecular weight is 515 g/mol. The van der Waals surface area contributed by atoms with Crippen LogP contribution in [0.4, 0.5) is 0 Å². The molecule has 5 heteroatoms. The van der Waals surface area contributed by atoms with E-state index in [-0.39, 0.29) is 30.9 Å². The molecule has 1 N–H and O–H groups in total. The van der Waals surface area contributed by atoms with E-state index in [1.54, 1.807) is 0 Å². The van der Waals surface area contributed by atoms with Crippen LogP contribution in [-0.2, 0) is 20.9 Å². The Balaban J connectivity index is 1.28. The average Bonchev–Trinajstić information content (AvgIpc) is 2.91. The highest BCUT2D eigenvalue weighted by molar-refractivity contribution is 5.90. The fourth-order valence-electron chi connectivity index (χ4n) is 4.58. The van der Waals surface area contributed by atoms with Gasteiger partial charge in [-0.1, -0.05) is 104 Å². The van der Waals surface area contributed by atoms with E-state index in [1.165, 1.54) is 16.3 Å². The SMILES string of the molecule is CN(C)C[C@@H](CC(=O)OCc1ccccc1)NC(=O)CCCCCCCC=Cc1cccc2ccccc12. The van der Waals surface area contributed by atoms with Crippen LogP contribution in [0, 0.1) is 0 Å². The van der Waals surface area contributed by atoms with Gasteiger partial charge in [-0.2, -0.15) is 0 Å². The first-order valence-corrected chi connectivity index (χ1v) is 13.8. The zero-order valence-electron chi connectivity index (χ0n) is 22.9. The van der Waals surface area contributed by atoms with Crippen LogP contribution in [0.2, 0.25) is 0 Å². The van der Waals surface area contributed by atoms with Gasteiger partial charge in [0.1, 0.15) is 6.61 Å². The number of carbonyl (C=O) groups is 2. The molecular weight excluding hydrogens is 472 g/mol. The second kappa shape index (κ2) is 16.4. The van der Waals surface area contributed by atoms with E-state index in [0.717, 1.165) is 44.1 Å². The van der Waals surface area contributed by atoms with Gasteiger partial charge >= 0.3 is 5.97 Å². The van der Waals surface area contributed by atoms with Crippen molar-refractivity contribution in [2.45, 2.75) is 64.0 Å². The first kappa shape index (κ1) is 29.1. The van der Waals surface area contributed by atoms with Crippen molar-refractivity contribution < 1.29 is 14.3 Å². The quantitative estimate of drug-likeness (QED) is 0.169. The molecule has 0 spiro atoms. The lowest BCUT2D eigenvalue weighted by molar-refractivity contribution is -0.145. The first-order valence-electron chi connectivity index (χ1n) is 13.8. The molecule has 0 radical (unpaired) electrons. The standard InChI is InChI=1S/C33H42N2O3/c1-35(2)25-30(24-33(37)38-26-27-16-9-8-10-17-27)34-32(36)23-12-7-5-3-4-6-11-18-28-20-15-21-29-19-13-14-22-31(28)29/h8-11,13-22,30H,3-7,12,23-26H2,1-2H3,(H,34,36)/t30-/m1/s1. The molecular formula is C33H42N2O3. The summed E-state index contributed by atoms with van der Waals surface area (Å²) in [7, 11) is 3.87. The zero-order chi connectivity index (χ0) is 27.0. The molecule has 1 atom stereocenters. The smallest absolute Gasteiger partial charge is 0.308 e. The minimum absolute atomic E-state index is 0.00531. The second-order valence-corrected chi connectivity index (χ2v) is 10.2.